The highest BCUT2D eigenvalue weighted by molar-refractivity contribution is 9.10. The fourth-order valence-electron chi connectivity index (χ4n) is 1.76. The van der Waals surface area contributed by atoms with Crippen LogP contribution in [0.3, 0.4) is 0 Å². The summed E-state index contributed by atoms with van der Waals surface area (Å²) in [5.74, 6) is 1.61. The minimum absolute atomic E-state index is 0.205. The Hall–Kier alpha value is -1.85. The highest BCUT2D eigenvalue weighted by Crippen LogP contribution is 2.25. The average molecular weight is 366 g/mol. The topological polar surface area (TPSA) is 48.2 Å². The van der Waals surface area contributed by atoms with E-state index in [-0.39, 0.29) is 6.61 Å². The van der Waals surface area contributed by atoms with E-state index in [9.17, 15) is 0 Å². The van der Waals surface area contributed by atoms with Crippen LogP contribution in [0.4, 0.5) is 0 Å². The van der Waals surface area contributed by atoms with Crippen molar-refractivity contribution in [3.63, 3.8) is 0 Å². The van der Waals surface area contributed by atoms with E-state index in [0.717, 1.165) is 15.8 Å². The van der Waals surface area contributed by atoms with Gasteiger partial charge in [-0.05, 0) is 40.2 Å². The van der Waals surface area contributed by atoms with Crippen molar-refractivity contribution >= 4 is 27.5 Å². The van der Waals surface area contributed by atoms with Crippen molar-refractivity contribution in [1.82, 2.24) is 10.1 Å². The lowest BCUT2D eigenvalue weighted by Gasteiger charge is -2.04. The van der Waals surface area contributed by atoms with Crippen LogP contribution in [-0.2, 0) is 6.61 Å². The second-order valence-electron chi connectivity index (χ2n) is 4.24. The van der Waals surface area contributed by atoms with E-state index >= 15 is 0 Å². The van der Waals surface area contributed by atoms with Gasteiger partial charge in [-0.15, -0.1) is 0 Å². The van der Waals surface area contributed by atoms with Crippen molar-refractivity contribution in [2.75, 3.05) is 0 Å². The second kappa shape index (κ2) is 6.28. The normalized spacial score (nSPS) is 10.6. The van der Waals surface area contributed by atoms with E-state index in [4.69, 9.17) is 20.9 Å². The molecule has 0 atom stereocenters. The number of benzene rings is 2. The Morgan fingerprint density at radius 1 is 1.14 bits per heavy atom. The Labute approximate surface area is 134 Å². The number of rotatable bonds is 4. The maximum Gasteiger partial charge on any atom is 0.264 e. The first-order valence-corrected chi connectivity index (χ1v) is 7.35. The average Bonchev–Trinajstić information content (AvgIpc) is 2.95. The van der Waals surface area contributed by atoms with Crippen LogP contribution in [0.2, 0.25) is 5.02 Å². The standard InChI is InChI=1S/C15H10BrClN2O2/c16-12-6-1-2-7-13(12)20-9-14-18-15(19-21-14)10-4-3-5-11(17)8-10/h1-8H,9H2. The maximum atomic E-state index is 5.94. The van der Waals surface area contributed by atoms with Crippen molar-refractivity contribution in [2.45, 2.75) is 6.61 Å². The highest BCUT2D eigenvalue weighted by atomic mass is 79.9. The first kappa shape index (κ1) is 14.1. The molecule has 0 amide bonds. The molecule has 3 aromatic rings. The van der Waals surface area contributed by atoms with Gasteiger partial charge in [-0.2, -0.15) is 4.98 Å². The SMILES string of the molecule is Clc1cccc(-c2noc(COc3ccccc3Br)n2)c1. The first-order valence-electron chi connectivity index (χ1n) is 6.18. The third kappa shape index (κ3) is 3.43. The summed E-state index contributed by atoms with van der Waals surface area (Å²) in [6.07, 6.45) is 0. The van der Waals surface area contributed by atoms with Crippen molar-refractivity contribution in [2.24, 2.45) is 0 Å². The van der Waals surface area contributed by atoms with E-state index in [0.29, 0.717) is 16.7 Å². The van der Waals surface area contributed by atoms with Gasteiger partial charge in [-0.25, -0.2) is 0 Å². The number of ether oxygens (including phenoxy) is 1. The number of hydrogen-bond acceptors (Lipinski definition) is 4. The van der Waals surface area contributed by atoms with Gasteiger partial charge in [0.15, 0.2) is 6.61 Å². The molecule has 0 radical (unpaired) electrons. The van der Waals surface area contributed by atoms with E-state index in [2.05, 4.69) is 26.1 Å². The number of nitrogens with zero attached hydrogens (tertiary/aromatic N) is 2. The molecule has 0 bridgehead atoms. The molecule has 0 unspecified atom stereocenters. The van der Waals surface area contributed by atoms with Gasteiger partial charge in [-0.3, -0.25) is 0 Å². The van der Waals surface area contributed by atoms with Gasteiger partial charge in [0.25, 0.3) is 5.89 Å². The molecular weight excluding hydrogens is 356 g/mol. The van der Waals surface area contributed by atoms with Gasteiger partial charge in [0.1, 0.15) is 5.75 Å². The quantitative estimate of drug-likeness (QED) is 0.670. The summed E-state index contributed by atoms with van der Waals surface area (Å²) in [6, 6.07) is 14.9. The number of halogens is 2. The Balaban J connectivity index is 1.72. The zero-order chi connectivity index (χ0) is 14.7. The van der Waals surface area contributed by atoms with E-state index in [1.165, 1.54) is 0 Å². The molecule has 0 fully saturated rings. The molecule has 0 saturated heterocycles. The predicted molar refractivity (Wildman–Crippen MR) is 83.2 cm³/mol. The summed E-state index contributed by atoms with van der Waals surface area (Å²) in [4.78, 5) is 4.29. The second-order valence-corrected chi connectivity index (χ2v) is 5.53. The molecule has 21 heavy (non-hydrogen) atoms. The molecule has 0 saturated carbocycles. The monoisotopic (exact) mass is 364 g/mol. The Kier molecular flexibility index (Phi) is 4.22. The van der Waals surface area contributed by atoms with Gasteiger partial charge < -0.3 is 9.26 Å². The summed E-state index contributed by atoms with van der Waals surface area (Å²) in [7, 11) is 0. The molecule has 0 aliphatic rings. The number of hydrogen-bond donors (Lipinski definition) is 0. The van der Waals surface area contributed by atoms with Crippen LogP contribution in [0.1, 0.15) is 5.89 Å². The Morgan fingerprint density at radius 2 is 2.00 bits per heavy atom. The van der Waals surface area contributed by atoms with Crippen molar-refractivity contribution in [3.05, 3.63) is 63.9 Å². The lowest BCUT2D eigenvalue weighted by molar-refractivity contribution is 0.242. The summed E-state index contributed by atoms with van der Waals surface area (Å²) in [6.45, 7) is 0.205. The molecule has 3 rings (SSSR count). The van der Waals surface area contributed by atoms with Gasteiger partial charge in [0.05, 0.1) is 4.47 Å². The van der Waals surface area contributed by atoms with Crippen LogP contribution in [-0.4, -0.2) is 10.1 Å². The molecule has 0 N–H and O–H groups in total. The van der Waals surface area contributed by atoms with Gasteiger partial charge in [0, 0.05) is 10.6 Å². The fourth-order valence-corrected chi connectivity index (χ4v) is 2.35. The highest BCUT2D eigenvalue weighted by Gasteiger charge is 2.10. The van der Waals surface area contributed by atoms with Crippen molar-refractivity contribution < 1.29 is 9.26 Å². The number of para-hydroxylation sites is 1. The summed E-state index contributed by atoms with van der Waals surface area (Å²) in [5.41, 5.74) is 0.804. The fraction of sp³-hybridized carbons (Fsp3) is 0.0667. The van der Waals surface area contributed by atoms with E-state index in [1.54, 1.807) is 12.1 Å². The zero-order valence-corrected chi connectivity index (χ0v) is 13.1. The van der Waals surface area contributed by atoms with Crippen molar-refractivity contribution in [1.29, 1.82) is 0 Å². The molecule has 1 aromatic heterocycles. The third-order valence-corrected chi connectivity index (χ3v) is 3.63. The smallest absolute Gasteiger partial charge is 0.264 e. The molecule has 0 aliphatic heterocycles. The Bertz CT molecular complexity index is 761. The van der Waals surface area contributed by atoms with E-state index in [1.807, 2.05) is 36.4 Å². The first-order chi connectivity index (χ1) is 10.2. The maximum absolute atomic E-state index is 5.94. The van der Waals surface area contributed by atoms with Crippen LogP contribution in [0.25, 0.3) is 11.4 Å². The number of aromatic nitrogens is 2. The van der Waals surface area contributed by atoms with Gasteiger partial charge in [-0.1, -0.05) is 41.0 Å². The van der Waals surface area contributed by atoms with Crippen LogP contribution >= 0.6 is 27.5 Å². The Morgan fingerprint density at radius 3 is 2.81 bits per heavy atom. The minimum Gasteiger partial charge on any atom is -0.483 e. The largest absolute Gasteiger partial charge is 0.483 e. The molecule has 1 heterocycles. The molecule has 2 aromatic carbocycles. The third-order valence-electron chi connectivity index (χ3n) is 2.74. The van der Waals surface area contributed by atoms with Crippen LogP contribution < -0.4 is 4.74 Å². The van der Waals surface area contributed by atoms with E-state index < -0.39 is 0 Å². The van der Waals surface area contributed by atoms with Gasteiger partial charge >= 0.3 is 0 Å². The molecule has 0 spiro atoms. The summed E-state index contributed by atoms with van der Waals surface area (Å²) >= 11 is 9.36. The predicted octanol–water partition coefficient (Wildman–Crippen LogP) is 4.73. The summed E-state index contributed by atoms with van der Waals surface area (Å²) < 4.78 is 11.7. The molecule has 4 nitrogen and oxygen atoms in total. The lowest BCUT2D eigenvalue weighted by Crippen LogP contribution is -1.96. The molecule has 106 valence electrons. The van der Waals surface area contributed by atoms with Crippen LogP contribution in [0.5, 0.6) is 5.75 Å². The van der Waals surface area contributed by atoms with Crippen LogP contribution in [0.15, 0.2) is 57.5 Å². The molecular formula is C15H10BrClN2O2. The van der Waals surface area contributed by atoms with Crippen molar-refractivity contribution in [3.8, 4) is 17.1 Å². The van der Waals surface area contributed by atoms with Gasteiger partial charge in [0.2, 0.25) is 5.82 Å². The zero-order valence-electron chi connectivity index (χ0n) is 10.8. The molecule has 6 heteroatoms. The lowest BCUT2D eigenvalue weighted by atomic mass is 10.2. The minimum atomic E-state index is 0.205. The summed E-state index contributed by atoms with van der Waals surface area (Å²) in [5, 5.41) is 4.55. The van der Waals surface area contributed by atoms with Crippen LogP contribution in [0, 0.1) is 0 Å². The molecule has 0 aliphatic carbocycles.